The molecule has 0 amide bonds. The molecule has 1 heterocycles. The largest absolute Gasteiger partial charge is 0.497 e. The van der Waals surface area contributed by atoms with Crippen molar-refractivity contribution in [3.05, 3.63) is 42.5 Å². The molecule has 2 rings (SSSR count). The number of hydrogen-bond acceptors (Lipinski definition) is 4. The highest BCUT2D eigenvalue weighted by atomic mass is 16.5. The molecule has 2 aromatic rings. The molecule has 1 unspecified atom stereocenters. The molecule has 1 N–H and O–H groups in total. The highest BCUT2D eigenvalue weighted by molar-refractivity contribution is 5.41. The van der Waals surface area contributed by atoms with Crippen LogP contribution in [-0.2, 0) is 6.54 Å². The van der Waals surface area contributed by atoms with Crippen LogP contribution in [0.1, 0.15) is 25.0 Å². The summed E-state index contributed by atoms with van der Waals surface area (Å²) in [6, 6.07) is 5.45. The lowest BCUT2D eigenvalue weighted by atomic mass is 10.1. The lowest BCUT2D eigenvalue weighted by Crippen LogP contribution is -2.05. The number of aliphatic hydroxyl groups is 1. The number of aryl methyl sites for hydroxylation is 1. The lowest BCUT2D eigenvalue weighted by Gasteiger charge is -2.14. The summed E-state index contributed by atoms with van der Waals surface area (Å²) in [6.07, 6.45) is 5.77. The van der Waals surface area contributed by atoms with Crippen molar-refractivity contribution in [2.45, 2.75) is 26.0 Å². The van der Waals surface area contributed by atoms with Crippen LogP contribution >= 0.6 is 0 Å². The smallest absolute Gasteiger partial charge is 0.128 e. The molecule has 0 radical (unpaired) electrons. The van der Waals surface area contributed by atoms with Gasteiger partial charge in [0, 0.05) is 30.6 Å². The van der Waals surface area contributed by atoms with Gasteiger partial charge in [0.1, 0.15) is 11.5 Å². The number of nitrogens with zero attached hydrogens (tertiary/aromatic N) is 2. The molecule has 1 aromatic carbocycles. The number of imidazole rings is 1. The van der Waals surface area contributed by atoms with Gasteiger partial charge in [-0.05, 0) is 25.5 Å². The Morgan fingerprint density at radius 2 is 2.25 bits per heavy atom. The Morgan fingerprint density at radius 1 is 1.40 bits per heavy atom. The Hall–Kier alpha value is -2.01. The predicted octanol–water partition coefficient (Wildman–Crippen LogP) is 2.41. The standard InChI is InChI=1S/C15H20N2O3/c1-12(18)14-5-4-13(19-2)10-15(14)20-9-3-7-17-8-6-16-11-17/h4-6,8,10-12,18H,3,7,9H2,1-2H3. The summed E-state index contributed by atoms with van der Waals surface area (Å²) in [5.41, 5.74) is 0.772. The number of rotatable bonds is 7. The van der Waals surface area contributed by atoms with E-state index in [-0.39, 0.29) is 0 Å². The summed E-state index contributed by atoms with van der Waals surface area (Å²) in [5.74, 6) is 1.39. The van der Waals surface area contributed by atoms with E-state index < -0.39 is 6.10 Å². The van der Waals surface area contributed by atoms with E-state index in [4.69, 9.17) is 9.47 Å². The van der Waals surface area contributed by atoms with Crippen molar-refractivity contribution in [2.24, 2.45) is 0 Å². The van der Waals surface area contributed by atoms with Crippen LogP contribution in [0.15, 0.2) is 36.9 Å². The van der Waals surface area contributed by atoms with Crippen LogP contribution < -0.4 is 9.47 Å². The van der Waals surface area contributed by atoms with Crippen LogP contribution in [-0.4, -0.2) is 28.4 Å². The zero-order chi connectivity index (χ0) is 14.4. The zero-order valence-electron chi connectivity index (χ0n) is 11.8. The highest BCUT2D eigenvalue weighted by Gasteiger charge is 2.10. The Morgan fingerprint density at radius 3 is 2.90 bits per heavy atom. The molecule has 0 aliphatic carbocycles. The van der Waals surface area contributed by atoms with Crippen molar-refractivity contribution in [1.29, 1.82) is 0 Å². The van der Waals surface area contributed by atoms with Crippen LogP contribution in [0.4, 0.5) is 0 Å². The second-order valence-electron chi connectivity index (χ2n) is 4.58. The Kier molecular flexibility index (Phi) is 5.01. The van der Waals surface area contributed by atoms with Gasteiger partial charge in [0.2, 0.25) is 0 Å². The summed E-state index contributed by atoms with van der Waals surface area (Å²) in [6.45, 7) is 3.15. The third-order valence-corrected chi connectivity index (χ3v) is 3.05. The number of ether oxygens (including phenoxy) is 2. The first-order valence-electron chi connectivity index (χ1n) is 6.65. The van der Waals surface area contributed by atoms with Gasteiger partial charge in [-0.1, -0.05) is 0 Å². The SMILES string of the molecule is COc1ccc(C(C)O)c(OCCCn2ccnc2)c1. The topological polar surface area (TPSA) is 56.5 Å². The fraction of sp³-hybridized carbons (Fsp3) is 0.400. The van der Waals surface area contributed by atoms with Crippen molar-refractivity contribution in [2.75, 3.05) is 13.7 Å². The van der Waals surface area contributed by atoms with Gasteiger partial charge in [-0.25, -0.2) is 4.98 Å². The molecule has 5 nitrogen and oxygen atoms in total. The summed E-state index contributed by atoms with van der Waals surface area (Å²) >= 11 is 0. The summed E-state index contributed by atoms with van der Waals surface area (Å²) in [5, 5.41) is 9.74. The minimum atomic E-state index is -0.565. The van der Waals surface area contributed by atoms with Gasteiger partial charge >= 0.3 is 0 Å². The molecule has 108 valence electrons. The number of methoxy groups -OCH3 is 1. The molecular weight excluding hydrogens is 256 g/mol. The maximum Gasteiger partial charge on any atom is 0.128 e. The fourth-order valence-electron chi connectivity index (χ4n) is 1.96. The molecule has 0 spiro atoms. The Bertz CT molecular complexity index is 524. The maximum absolute atomic E-state index is 9.74. The van der Waals surface area contributed by atoms with Gasteiger partial charge in [0.15, 0.2) is 0 Å². The number of aromatic nitrogens is 2. The first-order chi connectivity index (χ1) is 9.70. The van der Waals surface area contributed by atoms with E-state index in [1.54, 1.807) is 32.6 Å². The fourth-order valence-corrected chi connectivity index (χ4v) is 1.96. The van der Waals surface area contributed by atoms with Crippen LogP contribution in [0.5, 0.6) is 11.5 Å². The average Bonchev–Trinajstić information content (AvgIpc) is 2.96. The van der Waals surface area contributed by atoms with Crippen LogP contribution in [0.2, 0.25) is 0 Å². The second-order valence-corrected chi connectivity index (χ2v) is 4.58. The Balaban J connectivity index is 1.93. The monoisotopic (exact) mass is 276 g/mol. The first kappa shape index (κ1) is 14.4. The summed E-state index contributed by atoms with van der Waals surface area (Å²) in [7, 11) is 1.61. The number of hydrogen-bond donors (Lipinski definition) is 1. The number of aliphatic hydroxyl groups excluding tert-OH is 1. The molecule has 0 bridgehead atoms. The van der Waals surface area contributed by atoms with E-state index in [1.165, 1.54) is 0 Å². The van der Waals surface area contributed by atoms with Crippen LogP contribution in [0.25, 0.3) is 0 Å². The summed E-state index contributed by atoms with van der Waals surface area (Å²) in [4.78, 5) is 3.99. The van der Waals surface area contributed by atoms with Gasteiger partial charge < -0.3 is 19.1 Å². The lowest BCUT2D eigenvalue weighted by molar-refractivity contribution is 0.190. The molecule has 0 aliphatic rings. The molecule has 0 aliphatic heterocycles. The van der Waals surface area contributed by atoms with Crippen molar-refractivity contribution in [1.82, 2.24) is 9.55 Å². The van der Waals surface area contributed by atoms with Gasteiger partial charge in [0.25, 0.3) is 0 Å². The van der Waals surface area contributed by atoms with E-state index in [1.807, 2.05) is 22.9 Å². The molecule has 5 heteroatoms. The molecule has 1 aromatic heterocycles. The van der Waals surface area contributed by atoms with Crippen LogP contribution in [0, 0.1) is 0 Å². The predicted molar refractivity (Wildman–Crippen MR) is 76.0 cm³/mol. The van der Waals surface area contributed by atoms with Crippen LogP contribution in [0.3, 0.4) is 0 Å². The van der Waals surface area contributed by atoms with Gasteiger partial charge in [-0.2, -0.15) is 0 Å². The van der Waals surface area contributed by atoms with E-state index in [2.05, 4.69) is 4.98 Å². The van der Waals surface area contributed by atoms with Crippen molar-refractivity contribution < 1.29 is 14.6 Å². The first-order valence-corrected chi connectivity index (χ1v) is 6.65. The Labute approximate surface area is 118 Å². The second kappa shape index (κ2) is 6.96. The molecule has 0 saturated carbocycles. The van der Waals surface area contributed by atoms with E-state index in [0.29, 0.717) is 12.4 Å². The quantitative estimate of drug-likeness (QED) is 0.789. The van der Waals surface area contributed by atoms with E-state index in [9.17, 15) is 5.11 Å². The zero-order valence-corrected chi connectivity index (χ0v) is 11.8. The summed E-state index contributed by atoms with van der Waals surface area (Å²) < 4.78 is 13.0. The maximum atomic E-state index is 9.74. The van der Waals surface area contributed by atoms with Gasteiger partial charge in [-0.3, -0.25) is 0 Å². The van der Waals surface area contributed by atoms with Crippen molar-refractivity contribution in [3.63, 3.8) is 0 Å². The molecular formula is C15H20N2O3. The minimum absolute atomic E-state index is 0.565. The van der Waals surface area contributed by atoms with E-state index in [0.717, 1.165) is 24.3 Å². The van der Waals surface area contributed by atoms with Gasteiger partial charge in [0.05, 0.1) is 26.1 Å². The third-order valence-electron chi connectivity index (χ3n) is 3.05. The molecule has 0 saturated heterocycles. The average molecular weight is 276 g/mol. The minimum Gasteiger partial charge on any atom is -0.497 e. The molecule has 0 fully saturated rings. The normalized spacial score (nSPS) is 12.2. The molecule has 1 atom stereocenters. The van der Waals surface area contributed by atoms with Crippen molar-refractivity contribution in [3.8, 4) is 11.5 Å². The van der Waals surface area contributed by atoms with E-state index >= 15 is 0 Å². The van der Waals surface area contributed by atoms with Gasteiger partial charge in [-0.15, -0.1) is 0 Å². The molecule has 20 heavy (non-hydrogen) atoms. The number of benzene rings is 1. The van der Waals surface area contributed by atoms with Crippen molar-refractivity contribution >= 4 is 0 Å². The third kappa shape index (κ3) is 3.74. The highest BCUT2D eigenvalue weighted by Crippen LogP contribution is 2.29.